The molecular formula is C12H16ClFN2O. The highest BCUT2D eigenvalue weighted by Gasteiger charge is 2.07. The molecule has 1 atom stereocenters. The van der Waals surface area contributed by atoms with E-state index in [1.54, 1.807) is 6.07 Å². The third-order valence-electron chi connectivity index (χ3n) is 2.41. The smallest absolute Gasteiger partial charge is 0.220 e. The zero-order chi connectivity index (χ0) is 12.8. The van der Waals surface area contributed by atoms with E-state index in [9.17, 15) is 9.18 Å². The second-order valence-electron chi connectivity index (χ2n) is 4.07. The van der Waals surface area contributed by atoms with Gasteiger partial charge in [0.15, 0.2) is 0 Å². The third kappa shape index (κ3) is 4.71. The summed E-state index contributed by atoms with van der Waals surface area (Å²) in [5.41, 5.74) is 6.19. The minimum absolute atomic E-state index is 0.0621. The van der Waals surface area contributed by atoms with E-state index in [2.05, 4.69) is 5.32 Å². The van der Waals surface area contributed by atoms with E-state index < -0.39 is 5.82 Å². The first kappa shape index (κ1) is 13.9. The van der Waals surface area contributed by atoms with Crippen LogP contribution in [0.4, 0.5) is 4.39 Å². The first-order valence-electron chi connectivity index (χ1n) is 5.43. The summed E-state index contributed by atoms with van der Waals surface area (Å²) >= 11 is 5.63. The summed E-state index contributed by atoms with van der Waals surface area (Å²) in [5.74, 6) is -0.367. The average molecular weight is 259 g/mol. The minimum Gasteiger partial charge on any atom is -0.352 e. The van der Waals surface area contributed by atoms with Gasteiger partial charge in [-0.05, 0) is 30.2 Å². The van der Waals surface area contributed by atoms with Crippen LogP contribution in [-0.4, -0.2) is 12.5 Å². The molecule has 0 radical (unpaired) electrons. The molecule has 94 valence electrons. The number of hydrogen-bond acceptors (Lipinski definition) is 2. The van der Waals surface area contributed by atoms with Crippen molar-refractivity contribution in [3.8, 4) is 0 Å². The van der Waals surface area contributed by atoms with E-state index in [4.69, 9.17) is 17.3 Å². The second-order valence-corrected chi connectivity index (χ2v) is 4.48. The normalized spacial score (nSPS) is 12.2. The summed E-state index contributed by atoms with van der Waals surface area (Å²) < 4.78 is 12.9. The highest BCUT2D eigenvalue weighted by molar-refractivity contribution is 6.30. The van der Waals surface area contributed by atoms with Gasteiger partial charge in [-0.3, -0.25) is 4.79 Å². The Kier molecular flexibility index (Phi) is 5.38. The number of halogens is 2. The van der Waals surface area contributed by atoms with Crippen LogP contribution in [0.5, 0.6) is 0 Å². The molecule has 0 saturated heterocycles. The Labute approximate surface area is 105 Å². The molecule has 1 aromatic carbocycles. The summed E-state index contributed by atoms with van der Waals surface area (Å²) in [7, 11) is 0. The van der Waals surface area contributed by atoms with Crippen LogP contribution in [0.25, 0.3) is 0 Å². The maximum atomic E-state index is 12.9. The lowest BCUT2D eigenvalue weighted by Gasteiger charge is -2.09. The molecule has 3 nitrogen and oxygen atoms in total. The van der Waals surface area contributed by atoms with Crippen LogP contribution >= 0.6 is 11.6 Å². The van der Waals surface area contributed by atoms with Crippen molar-refractivity contribution in [3.63, 3.8) is 0 Å². The van der Waals surface area contributed by atoms with Gasteiger partial charge in [-0.1, -0.05) is 24.6 Å². The summed E-state index contributed by atoms with van der Waals surface area (Å²) in [6, 6.07) is 4.38. The van der Waals surface area contributed by atoms with Gasteiger partial charge in [0, 0.05) is 13.0 Å². The lowest BCUT2D eigenvalue weighted by molar-refractivity contribution is -0.122. The zero-order valence-electron chi connectivity index (χ0n) is 9.67. The maximum Gasteiger partial charge on any atom is 0.220 e. The number of benzene rings is 1. The van der Waals surface area contributed by atoms with Crippen molar-refractivity contribution in [2.45, 2.75) is 19.9 Å². The fourth-order valence-corrected chi connectivity index (χ4v) is 1.53. The Morgan fingerprint density at radius 1 is 1.59 bits per heavy atom. The number of carbonyl (C=O) groups is 1. The van der Waals surface area contributed by atoms with Gasteiger partial charge in [-0.2, -0.15) is 0 Å². The molecule has 0 saturated carbocycles. The Morgan fingerprint density at radius 2 is 2.29 bits per heavy atom. The van der Waals surface area contributed by atoms with E-state index in [1.807, 2.05) is 6.92 Å². The zero-order valence-corrected chi connectivity index (χ0v) is 10.4. The van der Waals surface area contributed by atoms with Gasteiger partial charge in [0.05, 0.1) is 5.02 Å². The molecule has 3 N–H and O–H groups in total. The second kappa shape index (κ2) is 6.57. The number of rotatable bonds is 5. The van der Waals surface area contributed by atoms with Gasteiger partial charge < -0.3 is 11.1 Å². The molecule has 1 aromatic rings. The van der Waals surface area contributed by atoms with Crippen molar-refractivity contribution in [2.24, 2.45) is 11.7 Å². The quantitative estimate of drug-likeness (QED) is 0.850. The first-order valence-corrected chi connectivity index (χ1v) is 5.81. The van der Waals surface area contributed by atoms with Crippen molar-refractivity contribution in [1.82, 2.24) is 5.32 Å². The Balaban J connectivity index is 2.45. The van der Waals surface area contributed by atoms with E-state index in [-0.39, 0.29) is 16.8 Å². The van der Waals surface area contributed by atoms with Gasteiger partial charge >= 0.3 is 0 Å². The standard InChI is InChI=1S/C12H16ClFN2O/c1-8(6-15)4-12(17)16-7-9-2-3-11(14)10(13)5-9/h2-3,5,8H,4,6-7,15H2,1H3,(H,16,17). The highest BCUT2D eigenvalue weighted by atomic mass is 35.5. The summed E-state index contributed by atoms with van der Waals surface area (Å²) in [4.78, 5) is 11.5. The maximum absolute atomic E-state index is 12.9. The topological polar surface area (TPSA) is 55.1 Å². The molecule has 1 amide bonds. The number of amides is 1. The molecule has 0 heterocycles. The van der Waals surface area contributed by atoms with E-state index in [0.29, 0.717) is 19.5 Å². The molecule has 1 rings (SSSR count). The molecule has 0 bridgehead atoms. The van der Waals surface area contributed by atoms with Crippen LogP contribution in [-0.2, 0) is 11.3 Å². The van der Waals surface area contributed by atoms with Crippen LogP contribution < -0.4 is 11.1 Å². The lowest BCUT2D eigenvalue weighted by Crippen LogP contribution is -2.26. The summed E-state index contributed by atoms with van der Waals surface area (Å²) in [6.45, 7) is 2.74. The Morgan fingerprint density at radius 3 is 2.88 bits per heavy atom. The Hall–Kier alpha value is -1.13. The Bertz CT molecular complexity index is 398. The molecule has 0 fully saturated rings. The molecule has 0 aliphatic carbocycles. The molecule has 0 aliphatic heterocycles. The lowest BCUT2D eigenvalue weighted by atomic mass is 10.1. The number of hydrogen-bond donors (Lipinski definition) is 2. The van der Waals surface area contributed by atoms with Crippen molar-refractivity contribution < 1.29 is 9.18 Å². The molecule has 0 spiro atoms. The molecule has 17 heavy (non-hydrogen) atoms. The predicted molar refractivity (Wildman–Crippen MR) is 66.1 cm³/mol. The summed E-state index contributed by atoms with van der Waals surface area (Å²) in [5, 5.41) is 2.80. The minimum atomic E-state index is -0.460. The largest absolute Gasteiger partial charge is 0.352 e. The van der Waals surface area contributed by atoms with Gasteiger partial charge in [0.1, 0.15) is 5.82 Å². The molecule has 1 unspecified atom stereocenters. The molecular weight excluding hydrogens is 243 g/mol. The number of nitrogens with one attached hydrogen (secondary N) is 1. The van der Waals surface area contributed by atoms with Crippen molar-refractivity contribution >= 4 is 17.5 Å². The number of nitrogens with two attached hydrogens (primary N) is 1. The van der Waals surface area contributed by atoms with Crippen LogP contribution in [0.15, 0.2) is 18.2 Å². The van der Waals surface area contributed by atoms with E-state index in [0.717, 1.165) is 5.56 Å². The van der Waals surface area contributed by atoms with Crippen LogP contribution in [0.2, 0.25) is 5.02 Å². The van der Waals surface area contributed by atoms with Gasteiger partial charge in [0.25, 0.3) is 0 Å². The van der Waals surface area contributed by atoms with Crippen molar-refractivity contribution in [2.75, 3.05) is 6.54 Å². The molecule has 5 heteroatoms. The van der Waals surface area contributed by atoms with Gasteiger partial charge in [-0.25, -0.2) is 4.39 Å². The van der Waals surface area contributed by atoms with Crippen LogP contribution in [0, 0.1) is 11.7 Å². The fraction of sp³-hybridized carbons (Fsp3) is 0.417. The van der Waals surface area contributed by atoms with E-state index >= 15 is 0 Å². The SMILES string of the molecule is CC(CN)CC(=O)NCc1ccc(F)c(Cl)c1. The van der Waals surface area contributed by atoms with Crippen LogP contribution in [0.3, 0.4) is 0 Å². The van der Waals surface area contributed by atoms with Crippen molar-refractivity contribution in [1.29, 1.82) is 0 Å². The van der Waals surface area contributed by atoms with Gasteiger partial charge in [-0.15, -0.1) is 0 Å². The van der Waals surface area contributed by atoms with E-state index in [1.165, 1.54) is 12.1 Å². The number of carbonyl (C=O) groups excluding carboxylic acids is 1. The first-order chi connectivity index (χ1) is 8.02. The molecule has 0 aromatic heterocycles. The van der Waals surface area contributed by atoms with Crippen molar-refractivity contribution in [3.05, 3.63) is 34.6 Å². The predicted octanol–water partition coefficient (Wildman–Crippen LogP) is 2.08. The average Bonchev–Trinajstić information content (AvgIpc) is 2.30. The third-order valence-corrected chi connectivity index (χ3v) is 2.70. The van der Waals surface area contributed by atoms with Crippen LogP contribution in [0.1, 0.15) is 18.9 Å². The fourth-order valence-electron chi connectivity index (χ4n) is 1.32. The molecule has 0 aliphatic rings. The summed E-state index contributed by atoms with van der Waals surface area (Å²) in [6.07, 6.45) is 0.394. The van der Waals surface area contributed by atoms with Gasteiger partial charge in [0.2, 0.25) is 5.91 Å². The highest BCUT2D eigenvalue weighted by Crippen LogP contribution is 2.15. The monoisotopic (exact) mass is 258 g/mol.